The Kier molecular flexibility index (Phi) is 5.86. The maximum atomic E-state index is 11.9. The largest absolute Gasteiger partial charge is 0.355 e. The number of hydrogen-bond acceptors (Lipinski definition) is 3. The normalized spacial score (nSPS) is 24.3. The monoisotopic (exact) mass is 265 g/mol. The molecule has 1 atom stereocenters. The van der Waals surface area contributed by atoms with Gasteiger partial charge in [0.05, 0.1) is 6.54 Å². The van der Waals surface area contributed by atoms with Gasteiger partial charge in [0.2, 0.25) is 5.91 Å². The smallest absolute Gasteiger partial charge is 0.234 e. The minimum atomic E-state index is 0.150. The summed E-state index contributed by atoms with van der Waals surface area (Å²) in [6.45, 7) is 2.98. The second-order valence-corrected chi connectivity index (χ2v) is 5.71. The summed E-state index contributed by atoms with van der Waals surface area (Å²) in [4.78, 5) is 14.1. The summed E-state index contributed by atoms with van der Waals surface area (Å²) in [5.74, 6) is 0.150. The summed E-state index contributed by atoms with van der Waals surface area (Å²) in [6, 6.07) is 0.409. The van der Waals surface area contributed by atoms with E-state index in [1.807, 2.05) is 0 Å². The Labute approximate surface area is 116 Å². The highest BCUT2D eigenvalue weighted by Gasteiger charge is 2.24. The maximum Gasteiger partial charge on any atom is 0.234 e. The predicted molar refractivity (Wildman–Crippen MR) is 77.8 cm³/mol. The van der Waals surface area contributed by atoms with Gasteiger partial charge in [-0.1, -0.05) is 11.6 Å². The zero-order chi connectivity index (χ0) is 13.5. The summed E-state index contributed by atoms with van der Waals surface area (Å²) in [5, 5.41) is 3.04. The molecule has 0 radical (unpaired) electrons. The Hall–Kier alpha value is -0.870. The van der Waals surface area contributed by atoms with Crippen molar-refractivity contribution in [1.29, 1.82) is 0 Å². The van der Waals surface area contributed by atoms with Crippen molar-refractivity contribution in [2.75, 3.05) is 26.2 Å². The minimum Gasteiger partial charge on any atom is -0.355 e. The molecule has 0 aromatic rings. The van der Waals surface area contributed by atoms with Crippen molar-refractivity contribution in [1.82, 2.24) is 10.2 Å². The first-order valence-corrected chi connectivity index (χ1v) is 7.68. The molecule has 0 aromatic carbocycles. The molecule has 1 aliphatic heterocycles. The Morgan fingerprint density at radius 3 is 3.05 bits per heavy atom. The molecule has 0 spiro atoms. The van der Waals surface area contributed by atoms with E-state index in [9.17, 15) is 4.79 Å². The first-order chi connectivity index (χ1) is 9.29. The number of amides is 1. The first-order valence-electron chi connectivity index (χ1n) is 7.68. The van der Waals surface area contributed by atoms with E-state index in [4.69, 9.17) is 5.73 Å². The summed E-state index contributed by atoms with van der Waals surface area (Å²) in [5.41, 5.74) is 7.24. The van der Waals surface area contributed by atoms with Gasteiger partial charge in [-0.15, -0.1) is 0 Å². The van der Waals surface area contributed by atoms with Crippen LogP contribution < -0.4 is 11.1 Å². The number of likely N-dealkylation sites (tertiary alicyclic amines) is 1. The van der Waals surface area contributed by atoms with Gasteiger partial charge in [-0.2, -0.15) is 0 Å². The molecule has 0 saturated carbocycles. The predicted octanol–water partition coefficient (Wildman–Crippen LogP) is 1.42. The third-order valence-corrected chi connectivity index (χ3v) is 4.27. The van der Waals surface area contributed by atoms with Gasteiger partial charge in [0.25, 0.3) is 0 Å². The molecule has 2 aliphatic rings. The highest BCUT2D eigenvalue weighted by atomic mass is 16.2. The summed E-state index contributed by atoms with van der Waals surface area (Å²) in [7, 11) is 0. The van der Waals surface area contributed by atoms with Crippen LogP contribution in [0, 0.1) is 0 Å². The molecule has 1 heterocycles. The van der Waals surface area contributed by atoms with E-state index in [0.29, 0.717) is 19.1 Å². The summed E-state index contributed by atoms with van der Waals surface area (Å²) in [6.07, 6.45) is 10.7. The maximum absolute atomic E-state index is 11.9. The fourth-order valence-electron chi connectivity index (χ4n) is 3.10. The third-order valence-electron chi connectivity index (χ3n) is 4.27. The Bertz CT molecular complexity index is 327. The van der Waals surface area contributed by atoms with Crippen LogP contribution in [0.5, 0.6) is 0 Å². The zero-order valence-electron chi connectivity index (χ0n) is 11.9. The van der Waals surface area contributed by atoms with Crippen LogP contribution in [0.15, 0.2) is 11.6 Å². The molecule has 4 heteroatoms. The highest BCUT2D eigenvalue weighted by molar-refractivity contribution is 5.78. The second-order valence-electron chi connectivity index (χ2n) is 5.71. The topological polar surface area (TPSA) is 58.4 Å². The quantitative estimate of drug-likeness (QED) is 0.714. The van der Waals surface area contributed by atoms with E-state index >= 15 is 0 Å². The molecule has 0 aromatic heterocycles. The molecule has 1 aliphatic carbocycles. The van der Waals surface area contributed by atoms with Crippen LogP contribution in [0.1, 0.15) is 44.9 Å². The van der Waals surface area contributed by atoms with Crippen molar-refractivity contribution in [2.45, 2.75) is 51.0 Å². The van der Waals surface area contributed by atoms with Crippen LogP contribution in [0.3, 0.4) is 0 Å². The number of carbonyl (C=O) groups is 1. The molecule has 3 N–H and O–H groups in total. The number of allylic oxidation sites excluding steroid dienone is 1. The molecule has 108 valence electrons. The van der Waals surface area contributed by atoms with Gasteiger partial charge >= 0.3 is 0 Å². The molecule has 2 rings (SSSR count). The van der Waals surface area contributed by atoms with Gasteiger partial charge in [0.1, 0.15) is 0 Å². The van der Waals surface area contributed by atoms with Crippen molar-refractivity contribution >= 4 is 5.91 Å². The van der Waals surface area contributed by atoms with Crippen LogP contribution in [0.4, 0.5) is 0 Å². The molecular weight excluding hydrogens is 238 g/mol. The van der Waals surface area contributed by atoms with E-state index in [1.54, 1.807) is 0 Å². The number of nitrogens with one attached hydrogen (secondary N) is 1. The zero-order valence-corrected chi connectivity index (χ0v) is 11.9. The summed E-state index contributed by atoms with van der Waals surface area (Å²) < 4.78 is 0. The van der Waals surface area contributed by atoms with Gasteiger partial charge in [0, 0.05) is 19.1 Å². The van der Waals surface area contributed by atoms with E-state index < -0.39 is 0 Å². The summed E-state index contributed by atoms with van der Waals surface area (Å²) >= 11 is 0. The van der Waals surface area contributed by atoms with E-state index in [1.165, 1.54) is 37.7 Å². The van der Waals surface area contributed by atoms with Crippen molar-refractivity contribution < 1.29 is 4.79 Å². The number of nitrogens with zero attached hydrogens (tertiary/aromatic N) is 1. The average molecular weight is 265 g/mol. The molecule has 19 heavy (non-hydrogen) atoms. The standard InChI is InChI=1S/C15H27N3O/c16-11-14-7-4-10-18(14)12-15(19)17-9-8-13-5-2-1-3-6-13/h5,14H,1-4,6-12,16H2,(H,17,19). The Morgan fingerprint density at radius 1 is 1.42 bits per heavy atom. The van der Waals surface area contributed by atoms with Crippen molar-refractivity contribution in [3.8, 4) is 0 Å². The number of carbonyl (C=O) groups excluding carboxylic acids is 1. The lowest BCUT2D eigenvalue weighted by Crippen LogP contribution is -2.42. The van der Waals surface area contributed by atoms with Crippen LogP contribution in [0.25, 0.3) is 0 Å². The molecule has 1 unspecified atom stereocenters. The van der Waals surface area contributed by atoms with Crippen LogP contribution in [-0.4, -0.2) is 43.0 Å². The lowest BCUT2D eigenvalue weighted by atomic mass is 9.97. The second kappa shape index (κ2) is 7.65. The molecule has 1 fully saturated rings. The van der Waals surface area contributed by atoms with Gasteiger partial charge in [-0.25, -0.2) is 0 Å². The highest BCUT2D eigenvalue weighted by Crippen LogP contribution is 2.19. The van der Waals surface area contributed by atoms with E-state index in [-0.39, 0.29) is 5.91 Å². The number of hydrogen-bond donors (Lipinski definition) is 2. The molecule has 4 nitrogen and oxygen atoms in total. The van der Waals surface area contributed by atoms with Gasteiger partial charge in [-0.05, 0) is 51.5 Å². The minimum absolute atomic E-state index is 0.150. The Balaban J connectivity index is 1.63. The fraction of sp³-hybridized carbons (Fsp3) is 0.800. The Morgan fingerprint density at radius 2 is 2.32 bits per heavy atom. The van der Waals surface area contributed by atoms with Crippen LogP contribution >= 0.6 is 0 Å². The van der Waals surface area contributed by atoms with Crippen molar-refractivity contribution in [2.24, 2.45) is 5.73 Å². The lowest BCUT2D eigenvalue weighted by Gasteiger charge is -2.22. The number of rotatable bonds is 6. The van der Waals surface area contributed by atoms with E-state index in [0.717, 1.165) is 25.9 Å². The molecule has 1 saturated heterocycles. The molecule has 1 amide bonds. The van der Waals surface area contributed by atoms with Gasteiger partial charge < -0.3 is 11.1 Å². The molecular formula is C15H27N3O. The van der Waals surface area contributed by atoms with Gasteiger partial charge in [-0.3, -0.25) is 9.69 Å². The van der Waals surface area contributed by atoms with Crippen LogP contribution in [0.2, 0.25) is 0 Å². The lowest BCUT2D eigenvalue weighted by molar-refractivity contribution is -0.122. The van der Waals surface area contributed by atoms with Crippen molar-refractivity contribution in [3.63, 3.8) is 0 Å². The molecule has 0 bridgehead atoms. The SMILES string of the molecule is NCC1CCCN1CC(=O)NCCC1=CCCCC1. The van der Waals surface area contributed by atoms with Gasteiger partial charge in [0.15, 0.2) is 0 Å². The third kappa shape index (κ3) is 4.62. The van der Waals surface area contributed by atoms with Crippen LogP contribution in [-0.2, 0) is 4.79 Å². The first kappa shape index (κ1) is 14.5. The average Bonchev–Trinajstić information content (AvgIpc) is 2.87. The van der Waals surface area contributed by atoms with Crippen molar-refractivity contribution in [3.05, 3.63) is 11.6 Å². The number of nitrogens with two attached hydrogens (primary N) is 1. The fourth-order valence-corrected chi connectivity index (χ4v) is 3.10. The van der Waals surface area contributed by atoms with E-state index in [2.05, 4.69) is 16.3 Å².